The van der Waals surface area contributed by atoms with Crippen LogP contribution >= 0.6 is 0 Å². The first-order valence-corrected chi connectivity index (χ1v) is 5.43. The van der Waals surface area contributed by atoms with E-state index < -0.39 is 0 Å². The molecule has 2 heterocycles. The van der Waals surface area contributed by atoms with Crippen molar-refractivity contribution in [1.82, 2.24) is 10.3 Å². The van der Waals surface area contributed by atoms with Crippen LogP contribution in [-0.4, -0.2) is 23.5 Å². The van der Waals surface area contributed by atoms with Gasteiger partial charge in [-0.05, 0) is 31.4 Å². The number of carbonyl (C=O) groups excluding carboxylic acids is 1. The SMILES string of the molecule is Cc1cc(N)cnc1NC1CCCNC1=O. The van der Waals surface area contributed by atoms with E-state index in [-0.39, 0.29) is 11.9 Å². The zero-order chi connectivity index (χ0) is 11.5. The monoisotopic (exact) mass is 220 g/mol. The quantitative estimate of drug-likeness (QED) is 0.684. The van der Waals surface area contributed by atoms with Crippen molar-refractivity contribution in [2.24, 2.45) is 0 Å². The van der Waals surface area contributed by atoms with E-state index in [2.05, 4.69) is 15.6 Å². The molecule has 1 aromatic heterocycles. The predicted molar refractivity (Wildman–Crippen MR) is 63.0 cm³/mol. The first kappa shape index (κ1) is 10.7. The molecule has 16 heavy (non-hydrogen) atoms. The summed E-state index contributed by atoms with van der Waals surface area (Å²) in [6.07, 6.45) is 3.44. The Kier molecular flexibility index (Phi) is 2.94. The minimum atomic E-state index is -0.177. The van der Waals surface area contributed by atoms with Crippen LogP contribution in [0.3, 0.4) is 0 Å². The number of hydrogen-bond acceptors (Lipinski definition) is 4. The number of nitrogens with one attached hydrogen (secondary N) is 2. The summed E-state index contributed by atoms with van der Waals surface area (Å²) < 4.78 is 0. The van der Waals surface area contributed by atoms with Crippen LogP contribution in [0.5, 0.6) is 0 Å². The number of pyridine rings is 1. The third-order valence-electron chi connectivity index (χ3n) is 2.70. The van der Waals surface area contributed by atoms with Crippen LogP contribution in [0.4, 0.5) is 11.5 Å². The van der Waals surface area contributed by atoms with Gasteiger partial charge in [0.25, 0.3) is 0 Å². The molecule has 1 saturated heterocycles. The minimum Gasteiger partial charge on any atom is -0.397 e. The Bertz CT molecular complexity index is 405. The van der Waals surface area contributed by atoms with Crippen molar-refractivity contribution in [3.05, 3.63) is 17.8 Å². The molecule has 1 unspecified atom stereocenters. The highest BCUT2D eigenvalue weighted by Gasteiger charge is 2.22. The van der Waals surface area contributed by atoms with Gasteiger partial charge in [0.15, 0.2) is 0 Å². The van der Waals surface area contributed by atoms with E-state index in [4.69, 9.17) is 5.73 Å². The number of nitrogen functional groups attached to an aromatic ring is 1. The molecule has 1 fully saturated rings. The van der Waals surface area contributed by atoms with Gasteiger partial charge in [-0.25, -0.2) is 4.98 Å². The van der Waals surface area contributed by atoms with Gasteiger partial charge in [0.05, 0.1) is 11.9 Å². The molecule has 4 N–H and O–H groups in total. The molecule has 1 amide bonds. The van der Waals surface area contributed by atoms with Gasteiger partial charge in [-0.2, -0.15) is 0 Å². The first-order chi connectivity index (χ1) is 7.66. The summed E-state index contributed by atoms with van der Waals surface area (Å²) in [5, 5.41) is 5.98. The fourth-order valence-electron chi connectivity index (χ4n) is 1.82. The van der Waals surface area contributed by atoms with Crippen LogP contribution in [0.25, 0.3) is 0 Å². The maximum absolute atomic E-state index is 11.6. The molecule has 5 heteroatoms. The van der Waals surface area contributed by atoms with E-state index in [1.165, 1.54) is 0 Å². The van der Waals surface area contributed by atoms with E-state index >= 15 is 0 Å². The van der Waals surface area contributed by atoms with Gasteiger partial charge in [-0.3, -0.25) is 4.79 Å². The maximum atomic E-state index is 11.6. The fraction of sp³-hybridized carbons (Fsp3) is 0.455. The van der Waals surface area contributed by atoms with Crippen LogP contribution in [0.1, 0.15) is 18.4 Å². The molecule has 86 valence electrons. The zero-order valence-electron chi connectivity index (χ0n) is 9.29. The molecule has 1 aromatic rings. The highest BCUT2D eigenvalue weighted by atomic mass is 16.2. The van der Waals surface area contributed by atoms with Crippen LogP contribution in [0, 0.1) is 6.92 Å². The number of nitrogens with two attached hydrogens (primary N) is 1. The summed E-state index contributed by atoms with van der Waals surface area (Å²) in [4.78, 5) is 15.7. The van der Waals surface area contributed by atoms with Crippen LogP contribution in [0.2, 0.25) is 0 Å². The Morgan fingerprint density at radius 1 is 1.62 bits per heavy atom. The summed E-state index contributed by atoms with van der Waals surface area (Å²) in [6.45, 7) is 2.69. The molecule has 1 atom stereocenters. The number of anilines is 2. The van der Waals surface area contributed by atoms with E-state index in [1.54, 1.807) is 6.20 Å². The lowest BCUT2D eigenvalue weighted by molar-refractivity contribution is -0.123. The molecule has 0 saturated carbocycles. The molecule has 0 aliphatic carbocycles. The van der Waals surface area contributed by atoms with Gasteiger partial charge in [0.1, 0.15) is 11.9 Å². The standard InChI is InChI=1S/C11H16N4O/c1-7-5-8(12)6-14-10(7)15-9-3-2-4-13-11(9)16/h5-6,9H,2-4,12H2,1H3,(H,13,16)(H,14,15). The second kappa shape index (κ2) is 4.38. The first-order valence-electron chi connectivity index (χ1n) is 5.43. The number of amides is 1. The average Bonchev–Trinajstić information content (AvgIpc) is 2.25. The number of nitrogens with zero attached hydrogens (tertiary/aromatic N) is 1. The van der Waals surface area contributed by atoms with Crippen molar-refractivity contribution >= 4 is 17.4 Å². The third-order valence-corrected chi connectivity index (χ3v) is 2.70. The summed E-state index contributed by atoms with van der Waals surface area (Å²) in [6, 6.07) is 1.67. The summed E-state index contributed by atoms with van der Waals surface area (Å²) in [7, 11) is 0. The normalized spacial score (nSPS) is 20.3. The zero-order valence-corrected chi connectivity index (χ0v) is 9.29. The number of piperidine rings is 1. The molecule has 0 spiro atoms. The molecular weight excluding hydrogens is 204 g/mol. The predicted octanol–water partition coefficient (Wildman–Crippen LogP) is 0.663. The molecule has 0 aromatic carbocycles. The van der Waals surface area contributed by atoms with E-state index in [0.717, 1.165) is 30.8 Å². The van der Waals surface area contributed by atoms with Gasteiger partial charge in [0, 0.05) is 6.54 Å². The van der Waals surface area contributed by atoms with Gasteiger partial charge < -0.3 is 16.4 Å². The number of aromatic nitrogens is 1. The maximum Gasteiger partial charge on any atom is 0.242 e. The second-order valence-electron chi connectivity index (χ2n) is 4.06. The van der Waals surface area contributed by atoms with Crippen molar-refractivity contribution < 1.29 is 4.79 Å². The van der Waals surface area contributed by atoms with Crippen molar-refractivity contribution in [1.29, 1.82) is 0 Å². The lowest BCUT2D eigenvalue weighted by atomic mass is 10.1. The van der Waals surface area contributed by atoms with Crippen molar-refractivity contribution in [2.75, 3.05) is 17.6 Å². The number of rotatable bonds is 2. The van der Waals surface area contributed by atoms with Crippen molar-refractivity contribution in [3.63, 3.8) is 0 Å². The highest BCUT2D eigenvalue weighted by molar-refractivity contribution is 5.85. The minimum absolute atomic E-state index is 0.0456. The molecule has 1 aliphatic rings. The third kappa shape index (κ3) is 2.24. The highest BCUT2D eigenvalue weighted by Crippen LogP contribution is 2.17. The fourth-order valence-corrected chi connectivity index (χ4v) is 1.82. The van der Waals surface area contributed by atoms with Crippen LogP contribution in [-0.2, 0) is 4.79 Å². The summed E-state index contributed by atoms with van der Waals surface area (Å²) in [5.74, 6) is 0.778. The Morgan fingerprint density at radius 2 is 2.44 bits per heavy atom. The smallest absolute Gasteiger partial charge is 0.242 e. The largest absolute Gasteiger partial charge is 0.397 e. The molecule has 0 radical (unpaired) electrons. The number of aryl methyl sites for hydroxylation is 1. The lowest BCUT2D eigenvalue weighted by Gasteiger charge is -2.23. The molecule has 2 rings (SSSR count). The van der Waals surface area contributed by atoms with E-state index in [0.29, 0.717) is 5.69 Å². The van der Waals surface area contributed by atoms with E-state index in [1.807, 2.05) is 13.0 Å². The topological polar surface area (TPSA) is 80.0 Å². The second-order valence-corrected chi connectivity index (χ2v) is 4.06. The lowest BCUT2D eigenvalue weighted by Crippen LogP contribution is -2.44. The van der Waals surface area contributed by atoms with E-state index in [9.17, 15) is 4.79 Å². The molecular formula is C11H16N4O. The van der Waals surface area contributed by atoms with Gasteiger partial charge in [0.2, 0.25) is 5.91 Å². The van der Waals surface area contributed by atoms with Crippen LogP contribution < -0.4 is 16.4 Å². The van der Waals surface area contributed by atoms with Gasteiger partial charge in [-0.1, -0.05) is 0 Å². The summed E-state index contributed by atoms with van der Waals surface area (Å²) >= 11 is 0. The molecule has 1 aliphatic heterocycles. The molecule has 5 nitrogen and oxygen atoms in total. The van der Waals surface area contributed by atoms with Crippen molar-refractivity contribution in [3.8, 4) is 0 Å². The van der Waals surface area contributed by atoms with Gasteiger partial charge in [-0.15, -0.1) is 0 Å². The Balaban J connectivity index is 2.10. The Labute approximate surface area is 94.4 Å². The summed E-state index contributed by atoms with van der Waals surface area (Å²) in [5.41, 5.74) is 7.21. The average molecular weight is 220 g/mol. The number of hydrogen-bond donors (Lipinski definition) is 3. The Hall–Kier alpha value is -1.78. The molecule has 0 bridgehead atoms. The number of carbonyl (C=O) groups is 1. The van der Waals surface area contributed by atoms with Crippen molar-refractivity contribution in [2.45, 2.75) is 25.8 Å². The van der Waals surface area contributed by atoms with Crippen LogP contribution in [0.15, 0.2) is 12.3 Å². The van der Waals surface area contributed by atoms with Gasteiger partial charge >= 0.3 is 0 Å². The Morgan fingerprint density at radius 3 is 3.12 bits per heavy atom.